The molecule has 1 saturated heterocycles. The average Bonchev–Trinajstić information content (AvgIpc) is 2.83. The number of hydrogen-bond acceptors (Lipinski definition) is 2. The van der Waals surface area contributed by atoms with Gasteiger partial charge in [0.25, 0.3) is 0 Å². The van der Waals surface area contributed by atoms with Crippen LogP contribution in [0.3, 0.4) is 0 Å². The summed E-state index contributed by atoms with van der Waals surface area (Å²) in [5.74, 6) is -0.0656. The van der Waals surface area contributed by atoms with Gasteiger partial charge in [-0.25, -0.2) is 4.39 Å². The second-order valence-corrected chi connectivity index (χ2v) is 6.13. The highest BCUT2D eigenvalue weighted by molar-refractivity contribution is 5.90. The molecule has 1 fully saturated rings. The van der Waals surface area contributed by atoms with Crippen molar-refractivity contribution in [2.45, 2.75) is 26.2 Å². The van der Waals surface area contributed by atoms with Crippen LogP contribution in [0.4, 0.5) is 4.39 Å². The molecule has 5 heteroatoms. The molecule has 1 unspecified atom stereocenters. The third-order valence-electron chi connectivity index (χ3n) is 4.54. The number of fused-ring (bicyclic) bond motifs is 1. The van der Waals surface area contributed by atoms with E-state index in [1.807, 2.05) is 11.8 Å². The van der Waals surface area contributed by atoms with Crippen molar-refractivity contribution >= 4 is 16.8 Å². The van der Waals surface area contributed by atoms with Crippen LogP contribution in [0.5, 0.6) is 0 Å². The number of carbonyl (C=O) groups is 1. The number of aliphatic hydroxyl groups is 1. The molecular weight excluding hydrogens is 283 g/mol. The summed E-state index contributed by atoms with van der Waals surface area (Å²) in [4.78, 5) is 17.6. The molecule has 118 valence electrons. The molecule has 1 aliphatic rings. The Hall–Kier alpha value is -1.88. The molecule has 0 radical (unpaired) electrons. The van der Waals surface area contributed by atoms with E-state index in [4.69, 9.17) is 0 Å². The van der Waals surface area contributed by atoms with E-state index in [9.17, 15) is 14.3 Å². The average molecular weight is 304 g/mol. The van der Waals surface area contributed by atoms with Gasteiger partial charge in [-0.2, -0.15) is 0 Å². The molecule has 1 aliphatic heterocycles. The van der Waals surface area contributed by atoms with Crippen LogP contribution in [0.15, 0.2) is 18.2 Å². The van der Waals surface area contributed by atoms with Gasteiger partial charge < -0.3 is 15.0 Å². The van der Waals surface area contributed by atoms with Crippen LogP contribution in [0.25, 0.3) is 10.9 Å². The fourth-order valence-electron chi connectivity index (χ4n) is 3.29. The van der Waals surface area contributed by atoms with E-state index < -0.39 is 0 Å². The molecule has 2 aromatic rings. The zero-order chi connectivity index (χ0) is 15.7. The molecular formula is C17H21FN2O2. The summed E-state index contributed by atoms with van der Waals surface area (Å²) in [6.07, 6.45) is 2.17. The number of amides is 1. The first kappa shape index (κ1) is 15.0. The van der Waals surface area contributed by atoms with E-state index in [0.717, 1.165) is 41.5 Å². The normalized spacial score (nSPS) is 18.9. The van der Waals surface area contributed by atoms with Gasteiger partial charge in [-0.15, -0.1) is 0 Å². The summed E-state index contributed by atoms with van der Waals surface area (Å²) < 4.78 is 13.5. The van der Waals surface area contributed by atoms with Crippen molar-refractivity contribution in [3.05, 3.63) is 35.3 Å². The Bertz CT molecular complexity index is 695. The van der Waals surface area contributed by atoms with Gasteiger partial charge in [0.1, 0.15) is 5.82 Å². The predicted molar refractivity (Wildman–Crippen MR) is 83.1 cm³/mol. The predicted octanol–water partition coefficient (Wildman–Crippen LogP) is 2.39. The van der Waals surface area contributed by atoms with Crippen molar-refractivity contribution in [2.75, 3.05) is 19.7 Å². The standard InChI is InChI=1S/C17H21FN2O2/c1-11-14(15-7-13(18)4-5-16(15)19-11)8-17(22)20-6-2-3-12(9-20)10-21/h4-5,7,12,19,21H,2-3,6,8-10H2,1H3. The van der Waals surface area contributed by atoms with Crippen LogP contribution < -0.4 is 0 Å². The number of aromatic nitrogens is 1. The topological polar surface area (TPSA) is 56.3 Å². The first-order valence-corrected chi connectivity index (χ1v) is 7.74. The number of aromatic amines is 1. The maximum Gasteiger partial charge on any atom is 0.227 e. The number of piperidine rings is 1. The van der Waals surface area contributed by atoms with Crippen LogP contribution in [0, 0.1) is 18.7 Å². The molecule has 22 heavy (non-hydrogen) atoms. The zero-order valence-corrected chi connectivity index (χ0v) is 12.7. The minimum absolute atomic E-state index is 0.0476. The second-order valence-electron chi connectivity index (χ2n) is 6.13. The number of likely N-dealkylation sites (tertiary alicyclic amines) is 1. The largest absolute Gasteiger partial charge is 0.396 e. The lowest BCUT2D eigenvalue weighted by molar-refractivity contribution is -0.132. The van der Waals surface area contributed by atoms with Crippen LogP contribution in [0.2, 0.25) is 0 Å². The van der Waals surface area contributed by atoms with Gasteiger partial charge in [0, 0.05) is 36.3 Å². The number of nitrogens with one attached hydrogen (secondary N) is 1. The Morgan fingerprint density at radius 1 is 1.50 bits per heavy atom. The van der Waals surface area contributed by atoms with Crippen molar-refractivity contribution in [2.24, 2.45) is 5.92 Å². The van der Waals surface area contributed by atoms with Gasteiger partial charge in [0.15, 0.2) is 0 Å². The first-order chi connectivity index (χ1) is 10.6. The quantitative estimate of drug-likeness (QED) is 0.915. The van der Waals surface area contributed by atoms with Gasteiger partial charge in [0.05, 0.1) is 6.42 Å². The van der Waals surface area contributed by atoms with Gasteiger partial charge in [0.2, 0.25) is 5.91 Å². The smallest absolute Gasteiger partial charge is 0.227 e. The molecule has 4 nitrogen and oxygen atoms in total. The third kappa shape index (κ3) is 2.86. The zero-order valence-electron chi connectivity index (χ0n) is 12.7. The van der Waals surface area contributed by atoms with Gasteiger partial charge in [-0.05, 0) is 49.4 Å². The lowest BCUT2D eigenvalue weighted by Gasteiger charge is -2.32. The van der Waals surface area contributed by atoms with E-state index in [2.05, 4.69) is 4.98 Å². The maximum absolute atomic E-state index is 13.5. The minimum Gasteiger partial charge on any atom is -0.396 e. The molecule has 1 atom stereocenters. The van der Waals surface area contributed by atoms with Crippen molar-refractivity contribution in [1.29, 1.82) is 0 Å². The van der Waals surface area contributed by atoms with E-state index in [-0.39, 0.29) is 30.7 Å². The third-order valence-corrected chi connectivity index (χ3v) is 4.54. The fraction of sp³-hybridized carbons (Fsp3) is 0.471. The maximum atomic E-state index is 13.5. The number of nitrogens with zero attached hydrogens (tertiary/aromatic N) is 1. The molecule has 0 spiro atoms. The van der Waals surface area contributed by atoms with Gasteiger partial charge in [-0.1, -0.05) is 0 Å². The minimum atomic E-state index is -0.293. The Kier molecular flexibility index (Phi) is 4.16. The molecule has 1 amide bonds. The van der Waals surface area contributed by atoms with Crippen molar-refractivity contribution in [3.8, 4) is 0 Å². The Balaban J connectivity index is 1.82. The van der Waals surface area contributed by atoms with Crippen LogP contribution in [0.1, 0.15) is 24.1 Å². The summed E-state index contributed by atoms with van der Waals surface area (Å²) in [7, 11) is 0. The van der Waals surface area contributed by atoms with Crippen molar-refractivity contribution in [3.63, 3.8) is 0 Å². The van der Waals surface area contributed by atoms with E-state index in [1.165, 1.54) is 12.1 Å². The number of H-pyrrole nitrogens is 1. The number of halogens is 1. The summed E-state index contributed by atoms with van der Waals surface area (Å²) in [5, 5.41) is 10.1. The molecule has 3 rings (SSSR count). The fourth-order valence-corrected chi connectivity index (χ4v) is 3.29. The first-order valence-electron chi connectivity index (χ1n) is 7.74. The van der Waals surface area contributed by atoms with Crippen molar-refractivity contribution < 1.29 is 14.3 Å². The highest BCUT2D eigenvalue weighted by Crippen LogP contribution is 2.25. The molecule has 2 N–H and O–H groups in total. The van der Waals surface area contributed by atoms with Gasteiger partial charge >= 0.3 is 0 Å². The second kappa shape index (κ2) is 6.08. The van der Waals surface area contributed by atoms with Gasteiger partial charge in [-0.3, -0.25) is 4.79 Å². The molecule has 0 saturated carbocycles. The number of hydrogen-bond donors (Lipinski definition) is 2. The highest BCUT2D eigenvalue weighted by atomic mass is 19.1. The van der Waals surface area contributed by atoms with Crippen LogP contribution in [-0.4, -0.2) is 40.6 Å². The lowest BCUT2D eigenvalue weighted by Crippen LogP contribution is -2.41. The molecule has 1 aromatic carbocycles. The molecule has 2 heterocycles. The Morgan fingerprint density at radius 2 is 2.32 bits per heavy atom. The summed E-state index contributed by atoms with van der Waals surface area (Å²) in [5.41, 5.74) is 2.63. The summed E-state index contributed by atoms with van der Waals surface area (Å²) >= 11 is 0. The lowest BCUT2D eigenvalue weighted by atomic mass is 9.98. The number of carbonyl (C=O) groups excluding carboxylic acids is 1. The van der Waals surface area contributed by atoms with E-state index in [1.54, 1.807) is 6.07 Å². The number of aryl methyl sites for hydroxylation is 1. The molecule has 0 bridgehead atoms. The molecule has 0 aliphatic carbocycles. The molecule has 1 aromatic heterocycles. The Morgan fingerprint density at radius 3 is 3.09 bits per heavy atom. The van der Waals surface area contributed by atoms with E-state index in [0.29, 0.717) is 6.54 Å². The van der Waals surface area contributed by atoms with E-state index >= 15 is 0 Å². The highest BCUT2D eigenvalue weighted by Gasteiger charge is 2.24. The number of aliphatic hydroxyl groups excluding tert-OH is 1. The van der Waals surface area contributed by atoms with Crippen LogP contribution in [-0.2, 0) is 11.2 Å². The summed E-state index contributed by atoms with van der Waals surface area (Å²) in [6, 6.07) is 4.60. The monoisotopic (exact) mass is 304 g/mol. The SMILES string of the molecule is Cc1[nH]c2ccc(F)cc2c1CC(=O)N1CCCC(CO)C1. The Labute approximate surface area is 128 Å². The van der Waals surface area contributed by atoms with Crippen LogP contribution >= 0.6 is 0 Å². The summed E-state index contributed by atoms with van der Waals surface area (Å²) in [6.45, 7) is 3.39. The number of benzene rings is 1. The number of rotatable bonds is 3. The van der Waals surface area contributed by atoms with Crippen molar-refractivity contribution in [1.82, 2.24) is 9.88 Å².